The topological polar surface area (TPSA) is 20.2 Å². The zero-order valence-corrected chi connectivity index (χ0v) is 7.46. The van der Waals surface area contributed by atoms with Gasteiger partial charge in [-0.3, -0.25) is 0 Å². The number of alkyl halides is 1. The van der Waals surface area contributed by atoms with Gasteiger partial charge in [0, 0.05) is 0 Å². The van der Waals surface area contributed by atoms with Crippen LogP contribution in [0.1, 0.15) is 23.7 Å². The molecule has 2 atom stereocenters. The first-order valence-electron chi connectivity index (χ1n) is 4.19. The summed E-state index contributed by atoms with van der Waals surface area (Å²) in [7, 11) is 0. The number of aliphatic hydroxyl groups is 1. The number of fused-ring (bicyclic) bond motifs is 1. The molecule has 1 N–H and O–H groups in total. The summed E-state index contributed by atoms with van der Waals surface area (Å²) in [5.74, 6) is 0. The van der Waals surface area contributed by atoms with E-state index < -0.39 is 6.10 Å². The standard InChI is InChI=1S/C10H11ClO/c11-9-6-5-7-3-1-2-4-8(7)10(9)12/h1-4,9-10,12H,5-6H2/t9-,10+/m1/s1. The molecule has 1 aromatic carbocycles. The maximum atomic E-state index is 9.70. The molecule has 1 aliphatic carbocycles. The lowest BCUT2D eigenvalue weighted by Gasteiger charge is -2.25. The number of aryl methyl sites for hydroxylation is 1. The van der Waals surface area contributed by atoms with Crippen LogP contribution in [0.4, 0.5) is 0 Å². The number of rotatable bonds is 0. The van der Waals surface area contributed by atoms with Crippen molar-refractivity contribution in [1.29, 1.82) is 0 Å². The van der Waals surface area contributed by atoms with Crippen LogP contribution in [0.2, 0.25) is 0 Å². The Morgan fingerprint density at radius 1 is 1.33 bits per heavy atom. The van der Waals surface area contributed by atoms with E-state index in [1.807, 2.05) is 18.2 Å². The molecule has 1 aromatic rings. The first-order chi connectivity index (χ1) is 5.79. The van der Waals surface area contributed by atoms with Crippen LogP contribution in [0.5, 0.6) is 0 Å². The van der Waals surface area contributed by atoms with Gasteiger partial charge in [-0.2, -0.15) is 0 Å². The van der Waals surface area contributed by atoms with E-state index in [2.05, 4.69) is 6.07 Å². The first kappa shape index (κ1) is 8.09. The van der Waals surface area contributed by atoms with Crippen LogP contribution in [-0.2, 0) is 6.42 Å². The average Bonchev–Trinajstić information content (AvgIpc) is 2.12. The van der Waals surface area contributed by atoms with Gasteiger partial charge in [0.05, 0.1) is 11.5 Å². The predicted octanol–water partition coefficient (Wildman–Crippen LogP) is 2.27. The normalized spacial score (nSPS) is 28.2. The molecule has 0 spiro atoms. The molecule has 0 aliphatic heterocycles. The van der Waals surface area contributed by atoms with Gasteiger partial charge in [0.15, 0.2) is 0 Å². The first-order valence-corrected chi connectivity index (χ1v) is 4.62. The third-order valence-electron chi connectivity index (χ3n) is 2.41. The highest BCUT2D eigenvalue weighted by molar-refractivity contribution is 6.21. The Kier molecular flexibility index (Phi) is 2.07. The molecule has 0 bridgehead atoms. The molecular weight excluding hydrogens is 172 g/mol. The Morgan fingerprint density at radius 2 is 2.08 bits per heavy atom. The van der Waals surface area contributed by atoms with Gasteiger partial charge in [0.1, 0.15) is 0 Å². The van der Waals surface area contributed by atoms with Gasteiger partial charge in [-0.1, -0.05) is 24.3 Å². The molecule has 64 valence electrons. The SMILES string of the molecule is O[C@H]1c2ccccc2CC[C@H]1Cl. The van der Waals surface area contributed by atoms with Gasteiger partial charge in [-0.05, 0) is 24.0 Å². The van der Waals surface area contributed by atoms with Crippen molar-refractivity contribution in [2.45, 2.75) is 24.3 Å². The highest BCUT2D eigenvalue weighted by atomic mass is 35.5. The van der Waals surface area contributed by atoms with Crippen molar-refractivity contribution in [3.63, 3.8) is 0 Å². The van der Waals surface area contributed by atoms with Gasteiger partial charge < -0.3 is 5.11 Å². The third kappa shape index (κ3) is 1.23. The molecule has 0 saturated heterocycles. The largest absolute Gasteiger partial charge is 0.387 e. The molecule has 0 heterocycles. The van der Waals surface area contributed by atoms with Crippen molar-refractivity contribution in [1.82, 2.24) is 0 Å². The molecule has 1 aliphatic rings. The Hall–Kier alpha value is -0.530. The van der Waals surface area contributed by atoms with Crippen LogP contribution in [-0.4, -0.2) is 10.5 Å². The van der Waals surface area contributed by atoms with Gasteiger partial charge in [0.25, 0.3) is 0 Å². The summed E-state index contributed by atoms with van der Waals surface area (Å²) >= 11 is 5.94. The minimum Gasteiger partial charge on any atom is -0.387 e. The van der Waals surface area contributed by atoms with Gasteiger partial charge in [0.2, 0.25) is 0 Å². The molecule has 12 heavy (non-hydrogen) atoms. The molecule has 0 saturated carbocycles. The number of benzene rings is 1. The highest BCUT2D eigenvalue weighted by Gasteiger charge is 2.25. The fourth-order valence-corrected chi connectivity index (χ4v) is 1.94. The van der Waals surface area contributed by atoms with E-state index >= 15 is 0 Å². The van der Waals surface area contributed by atoms with Crippen molar-refractivity contribution >= 4 is 11.6 Å². The van der Waals surface area contributed by atoms with Crippen LogP contribution in [0.25, 0.3) is 0 Å². The minimum absolute atomic E-state index is 0.111. The van der Waals surface area contributed by atoms with Gasteiger partial charge >= 0.3 is 0 Å². The van der Waals surface area contributed by atoms with Crippen molar-refractivity contribution in [3.05, 3.63) is 35.4 Å². The summed E-state index contributed by atoms with van der Waals surface area (Å²) in [5.41, 5.74) is 2.24. The second-order valence-electron chi connectivity index (χ2n) is 3.20. The lowest BCUT2D eigenvalue weighted by Crippen LogP contribution is -2.20. The third-order valence-corrected chi connectivity index (χ3v) is 2.86. The fourth-order valence-electron chi connectivity index (χ4n) is 1.70. The number of hydrogen-bond donors (Lipinski definition) is 1. The van der Waals surface area contributed by atoms with Crippen LogP contribution >= 0.6 is 11.6 Å². The number of aliphatic hydroxyl groups excluding tert-OH is 1. The van der Waals surface area contributed by atoms with Crippen molar-refractivity contribution in [2.24, 2.45) is 0 Å². The fraction of sp³-hybridized carbons (Fsp3) is 0.400. The lowest BCUT2D eigenvalue weighted by atomic mass is 9.89. The summed E-state index contributed by atoms with van der Waals surface area (Å²) in [6.07, 6.45) is 1.39. The number of hydrogen-bond acceptors (Lipinski definition) is 1. The van der Waals surface area contributed by atoms with Crippen molar-refractivity contribution in [3.8, 4) is 0 Å². The van der Waals surface area contributed by atoms with Crippen LogP contribution < -0.4 is 0 Å². The molecular formula is C10H11ClO. The van der Waals surface area contributed by atoms with E-state index in [1.165, 1.54) is 5.56 Å². The van der Waals surface area contributed by atoms with Crippen LogP contribution in [0, 0.1) is 0 Å². The van der Waals surface area contributed by atoms with E-state index in [4.69, 9.17) is 11.6 Å². The average molecular weight is 183 g/mol. The molecule has 0 fully saturated rings. The van der Waals surface area contributed by atoms with Crippen LogP contribution in [0.3, 0.4) is 0 Å². The van der Waals surface area contributed by atoms with E-state index in [9.17, 15) is 5.11 Å². The monoisotopic (exact) mass is 182 g/mol. The second kappa shape index (κ2) is 3.08. The van der Waals surface area contributed by atoms with Crippen molar-refractivity contribution in [2.75, 3.05) is 0 Å². The van der Waals surface area contributed by atoms with E-state index in [-0.39, 0.29) is 5.38 Å². The maximum absolute atomic E-state index is 9.70. The van der Waals surface area contributed by atoms with Crippen LogP contribution in [0.15, 0.2) is 24.3 Å². The molecule has 0 unspecified atom stereocenters. The summed E-state index contributed by atoms with van der Waals surface area (Å²) in [6.45, 7) is 0. The molecule has 2 heteroatoms. The molecule has 0 amide bonds. The Bertz CT molecular complexity index is 285. The minimum atomic E-state index is -0.475. The summed E-state index contributed by atoms with van der Waals surface area (Å²) in [4.78, 5) is 0. The molecule has 1 nitrogen and oxygen atoms in total. The van der Waals surface area contributed by atoms with E-state index in [1.54, 1.807) is 0 Å². The quantitative estimate of drug-likeness (QED) is 0.611. The molecule has 0 radical (unpaired) electrons. The van der Waals surface area contributed by atoms with E-state index in [0.717, 1.165) is 18.4 Å². The van der Waals surface area contributed by atoms with Gasteiger partial charge in [-0.15, -0.1) is 11.6 Å². The second-order valence-corrected chi connectivity index (χ2v) is 3.76. The highest BCUT2D eigenvalue weighted by Crippen LogP contribution is 2.32. The lowest BCUT2D eigenvalue weighted by molar-refractivity contribution is 0.161. The molecule has 2 rings (SSSR count). The maximum Gasteiger partial charge on any atom is 0.0956 e. The zero-order valence-electron chi connectivity index (χ0n) is 6.70. The summed E-state index contributed by atoms with van der Waals surface area (Å²) in [6, 6.07) is 7.95. The summed E-state index contributed by atoms with van der Waals surface area (Å²) < 4.78 is 0. The molecule has 0 aromatic heterocycles. The Morgan fingerprint density at radius 3 is 2.92 bits per heavy atom. The van der Waals surface area contributed by atoms with E-state index in [0.29, 0.717) is 0 Å². The van der Waals surface area contributed by atoms with Gasteiger partial charge in [-0.25, -0.2) is 0 Å². The zero-order chi connectivity index (χ0) is 8.55. The summed E-state index contributed by atoms with van der Waals surface area (Å²) in [5, 5.41) is 9.59. The Balaban J connectivity index is 2.42. The number of halogens is 1. The Labute approximate surface area is 77.0 Å². The van der Waals surface area contributed by atoms with Crippen molar-refractivity contribution < 1.29 is 5.11 Å². The smallest absolute Gasteiger partial charge is 0.0956 e. The predicted molar refractivity (Wildman–Crippen MR) is 49.4 cm³/mol.